The molecule has 0 aliphatic heterocycles. The molecule has 0 saturated carbocycles. The number of anilines is 2. The number of benzene rings is 2. The molecule has 2 aromatic rings. The van der Waals surface area contributed by atoms with Gasteiger partial charge in [0.2, 0.25) is 0 Å². The van der Waals surface area contributed by atoms with Gasteiger partial charge in [0.15, 0.2) is 0 Å². The summed E-state index contributed by atoms with van der Waals surface area (Å²) in [6.07, 6.45) is 3.39. The van der Waals surface area contributed by atoms with E-state index in [2.05, 4.69) is 13.0 Å². The Labute approximate surface area is 96.3 Å². The molecule has 0 aromatic heterocycles. The molecule has 0 bridgehead atoms. The van der Waals surface area contributed by atoms with Crippen molar-refractivity contribution in [3.05, 3.63) is 35.9 Å². The third kappa shape index (κ3) is 1.96. The molecule has 84 valence electrons. The first kappa shape index (κ1) is 10.8. The van der Waals surface area contributed by atoms with Crippen LogP contribution >= 0.6 is 0 Å². The van der Waals surface area contributed by atoms with Gasteiger partial charge < -0.3 is 11.5 Å². The molecule has 0 saturated heterocycles. The third-order valence-corrected chi connectivity index (χ3v) is 2.97. The van der Waals surface area contributed by atoms with Crippen LogP contribution in [0.2, 0.25) is 0 Å². The molecule has 16 heavy (non-hydrogen) atoms. The quantitative estimate of drug-likeness (QED) is 0.770. The minimum absolute atomic E-state index is 0.829. The summed E-state index contributed by atoms with van der Waals surface area (Å²) in [4.78, 5) is 0. The first-order chi connectivity index (χ1) is 7.72. The summed E-state index contributed by atoms with van der Waals surface area (Å²) in [5.41, 5.74) is 14.9. The maximum atomic E-state index is 6.04. The van der Waals surface area contributed by atoms with Gasteiger partial charge in [0.1, 0.15) is 0 Å². The predicted molar refractivity (Wildman–Crippen MR) is 71.4 cm³/mol. The van der Waals surface area contributed by atoms with Crippen LogP contribution in [0.5, 0.6) is 0 Å². The lowest BCUT2D eigenvalue weighted by Crippen LogP contribution is -1.96. The van der Waals surface area contributed by atoms with Gasteiger partial charge in [0, 0.05) is 16.8 Å². The van der Waals surface area contributed by atoms with E-state index in [-0.39, 0.29) is 0 Å². The molecular weight excluding hydrogens is 196 g/mol. The Morgan fingerprint density at radius 2 is 1.88 bits per heavy atom. The number of fused-ring (bicyclic) bond motifs is 1. The van der Waals surface area contributed by atoms with Gasteiger partial charge in [-0.3, -0.25) is 0 Å². The van der Waals surface area contributed by atoms with Crippen LogP contribution in [0, 0.1) is 0 Å². The molecule has 2 aromatic carbocycles. The average molecular weight is 214 g/mol. The summed E-state index contributed by atoms with van der Waals surface area (Å²) in [5, 5.41) is 2.24. The van der Waals surface area contributed by atoms with Crippen LogP contribution in [0.15, 0.2) is 30.3 Å². The van der Waals surface area contributed by atoms with Crippen molar-refractivity contribution in [2.45, 2.75) is 26.2 Å². The maximum Gasteiger partial charge on any atom is 0.0393 e. The summed E-state index contributed by atoms with van der Waals surface area (Å²) in [6.45, 7) is 2.19. The van der Waals surface area contributed by atoms with E-state index < -0.39 is 0 Å². The van der Waals surface area contributed by atoms with Crippen LogP contribution in [0.3, 0.4) is 0 Å². The molecular formula is C14H18N2. The Hall–Kier alpha value is -1.70. The molecule has 0 atom stereocenters. The van der Waals surface area contributed by atoms with Crippen LogP contribution in [0.1, 0.15) is 25.3 Å². The molecule has 2 nitrogen and oxygen atoms in total. The third-order valence-electron chi connectivity index (χ3n) is 2.97. The molecule has 2 rings (SSSR count). The summed E-state index contributed by atoms with van der Waals surface area (Å²) < 4.78 is 0. The van der Waals surface area contributed by atoms with Gasteiger partial charge in [-0.15, -0.1) is 0 Å². The zero-order chi connectivity index (χ0) is 11.5. The normalized spacial score (nSPS) is 10.8. The Kier molecular flexibility index (Phi) is 3.00. The molecule has 0 aliphatic rings. The molecule has 4 N–H and O–H groups in total. The fourth-order valence-electron chi connectivity index (χ4n) is 2.00. The second kappa shape index (κ2) is 4.44. The van der Waals surface area contributed by atoms with Gasteiger partial charge in [-0.1, -0.05) is 25.5 Å². The number of hydrogen-bond donors (Lipinski definition) is 2. The van der Waals surface area contributed by atoms with Crippen LogP contribution in [-0.2, 0) is 6.42 Å². The maximum absolute atomic E-state index is 6.04. The lowest BCUT2D eigenvalue weighted by atomic mass is 10.0. The molecule has 0 radical (unpaired) electrons. The van der Waals surface area contributed by atoms with Crippen molar-refractivity contribution in [2.24, 2.45) is 0 Å². The van der Waals surface area contributed by atoms with Gasteiger partial charge in [-0.05, 0) is 42.0 Å². The Morgan fingerprint density at radius 3 is 2.62 bits per heavy atom. The van der Waals surface area contributed by atoms with E-state index in [4.69, 9.17) is 11.5 Å². The van der Waals surface area contributed by atoms with Crippen LogP contribution < -0.4 is 11.5 Å². The monoisotopic (exact) mass is 214 g/mol. The smallest absolute Gasteiger partial charge is 0.0393 e. The van der Waals surface area contributed by atoms with Gasteiger partial charge in [0.05, 0.1) is 0 Å². The van der Waals surface area contributed by atoms with E-state index >= 15 is 0 Å². The van der Waals surface area contributed by atoms with Crippen molar-refractivity contribution < 1.29 is 0 Å². The van der Waals surface area contributed by atoms with E-state index in [1.54, 1.807) is 0 Å². The van der Waals surface area contributed by atoms with Crippen molar-refractivity contribution in [2.75, 3.05) is 11.5 Å². The summed E-state index contributed by atoms with van der Waals surface area (Å²) in [7, 11) is 0. The largest absolute Gasteiger partial charge is 0.398 e. The molecule has 0 fully saturated rings. The van der Waals surface area contributed by atoms with Crippen molar-refractivity contribution in [1.82, 2.24) is 0 Å². The second-order valence-corrected chi connectivity index (χ2v) is 4.22. The highest BCUT2D eigenvalue weighted by Gasteiger charge is 2.03. The summed E-state index contributed by atoms with van der Waals surface area (Å²) in [5.74, 6) is 0. The number of unbranched alkanes of at least 4 members (excludes halogenated alkanes) is 1. The molecule has 0 heterocycles. The van der Waals surface area contributed by atoms with Gasteiger partial charge in [0.25, 0.3) is 0 Å². The highest BCUT2D eigenvalue weighted by molar-refractivity contribution is 5.95. The molecule has 2 heteroatoms. The average Bonchev–Trinajstić information content (AvgIpc) is 2.27. The fourth-order valence-corrected chi connectivity index (χ4v) is 2.00. The Morgan fingerprint density at radius 1 is 1.06 bits per heavy atom. The number of aryl methyl sites for hydroxylation is 1. The zero-order valence-corrected chi connectivity index (χ0v) is 9.66. The zero-order valence-electron chi connectivity index (χ0n) is 9.66. The minimum atomic E-state index is 0.829. The first-order valence-corrected chi connectivity index (χ1v) is 5.79. The number of rotatable bonds is 3. The standard InChI is InChI=1S/C14H18N2/c1-2-3-5-11-8-12-10(9-14(11)16)6-4-7-13(12)15/h4,6-9H,2-3,5,15-16H2,1H3. The summed E-state index contributed by atoms with van der Waals surface area (Å²) in [6, 6.07) is 10.1. The Bertz CT molecular complexity index is 503. The van der Waals surface area contributed by atoms with E-state index in [1.165, 1.54) is 18.4 Å². The van der Waals surface area contributed by atoms with Crippen LogP contribution in [0.25, 0.3) is 10.8 Å². The topological polar surface area (TPSA) is 52.0 Å². The van der Waals surface area contributed by atoms with E-state index in [0.717, 1.165) is 28.6 Å². The van der Waals surface area contributed by atoms with Gasteiger partial charge in [-0.2, -0.15) is 0 Å². The van der Waals surface area contributed by atoms with Crippen LogP contribution in [-0.4, -0.2) is 0 Å². The molecule has 0 unspecified atom stereocenters. The number of hydrogen-bond acceptors (Lipinski definition) is 2. The highest BCUT2D eigenvalue weighted by atomic mass is 14.6. The SMILES string of the molecule is CCCCc1cc2c(N)cccc2cc1N. The molecule has 0 amide bonds. The lowest BCUT2D eigenvalue weighted by molar-refractivity contribution is 0.797. The predicted octanol–water partition coefficient (Wildman–Crippen LogP) is 3.35. The fraction of sp³-hybridized carbons (Fsp3) is 0.286. The van der Waals surface area contributed by atoms with E-state index in [1.807, 2.05) is 24.3 Å². The van der Waals surface area contributed by atoms with Crippen molar-refractivity contribution in [1.29, 1.82) is 0 Å². The second-order valence-electron chi connectivity index (χ2n) is 4.22. The van der Waals surface area contributed by atoms with E-state index in [0.29, 0.717) is 0 Å². The minimum Gasteiger partial charge on any atom is -0.398 e. The molecule has 0 spiro atoms. The van der Waals surface area contributed by atoms with Crippen molar-refractivity contribution >= 4 is 22.1 Å². The molecule has 0 aliphatic carbocycles. The number of nitrogen functional groups attached to an aromatic ring is 2. The van der Waals surface area contributed by atoms with Crippen LogP contribution in [0.4, 0.5) is 11.4 Å². The van der Waals surface area contributed by atoms with Crippen molar-refractivity contribution in [3.8, 4) is 0 Å². The van der Waals surface area contributed by atoms with E-state index in [9.17, 15) is 0 Å². The Balaban J connectivity index is 2.51. The lowest BCUT2D eigenvalue weighted by Gasteiger charge is -2.09. The van der Waals surface area contributed by atoms with Crippen molar-refractivity contribution in [3.63, 3.8) is 0 Å². The first-order valence-electron chi connectivity index (χ1n) is 5.79. The van der Waals surface area contributed by atoms with Gasteiger partial charge in [-0.25, -0.2) is 0 Å². The number of nitrogens with two attached hydrogens (primary N) is 2. The van der Waals surface area contributed by atoms with Gasteiger partial charge >= 0.3 is 0 Å². The summed E-state index contributed by atoms with van der Waals surface area (Å²) >= 11 is 0. The highest BCUT2D eigenvalue weighted by Crippen LogP contribution is 2.27.